The minimum absolute atomic E-state index is 0.145. The van der Waals surface area contributed by atoms with Crippen LogP contribution in [0.1, 0.15) is 17.0 Å². The molecule has 1 aliphatic rings. The quantitative estimate of drug-likeness (QED) is 0.735. The van der Waals surface area contributed by atoms with Crippen LogP contribution in [0.4, 0.5) is 10.3 Å². The molecule has 10 heteroatoms. The van der Waals surface area contributed by atoms with Gasteiger partial charge in [-0.3, -0.25) is 14.4 Å². The number of rotatable bonds is 6. The number of nitrogens with one attached hydrogen (secondary N) is 2. The summed E-state index contributed by atoms with van der Waals surface area (Å²) >= 11 is 2.66. The second kappa shape index (κ2) is 8.11. The minimum atomic E-state index is -0.931. The first kappa shape index (κ1) is 18.1. The standard InChI is InChI=1S/C16H15N5O3S2/c1-9-7-18-15(26-9)20-12(22)5-4-10-8-25-16(19-10)21-14(24)11-3-2-6-17-13(11)23/h2-3,6-8,11H,4-5H2,1H3,(H,18,20,22)(H,19,21,24). The monoisotopic (exact) mass is 389 g/mol. The summed E-state index contributed by atoms with van der Waals surface area (Å²) in [6.07, 6.45) is 6.80. The van der Waals surface area contributed by atoms with E-state index < -0.39 is 17.7 Å². The number of allylic oxidation sites excluding steroid dienone is 1. The van der Waals surface area contributed by atoms with Gasteiger partial charge in [-0.1, -0.05) is 6.08 Å². The maximum atomic E-state index is 12.1. The fourth-order valence-corrected chi connectivity index (χ4v) is 3.57. The lowest BCUT2D eigenvalue weighted by molar-refractivity contribution is -0.128. The van der Waals surface area contributed by atoms with Crippen LogP contribution in [0.25, 0.3) is 0 Å². The molecule has 3 amide bonds. The number of aryl methyl sites for hydroxylation is 2. The molecule has 0 fully saturated rings. The lowest BCUT2D eigenvalue weighted by Crippen LogP contribution is -2.28. The average molecular weight is 389 g/mol. The fourth-order valence-electron chi connectivity index (χ4n) is 2.14. The number of aliphatic imine (C=N–C) groups is 1. The summed E-state index contributed by atoms with van der Waals surface area (Å²) < 4.78 is 0. The molecule has 2 aromatic heterocycles. The average Bonchev–Trinajstić information content (AvgIpc) is 3.22. The lowest BCUT2D eigenvalue weighted by atomic mass is 10.1. The van der Waals surface area contributed by atoms with Crippen molar-refractivity contribution in [3.8, 4) is 0 Å². The van der Waals surface area contributed by atoms with Crippen molar-refractivity contribution in [1.82, 2.24) is 9.97 Å². The van der Waals surface area contributed by atoms with Crippen molar-refractivity contribution in [2.24, 2.45) is 10.9 Å². The van der Waals surface area contributed by atoms with Gasteiger partial charge >= 0.3 is 0 Å². The number of anilines is 2. The van der Waals surface area contributed by atoms with Gasteiger partial charge in [0.15, 0.2) is 10.3 Å². The Balaban J connectivity index is 1.49. The molecule has 0 saturated carbocycles. The molecule has 0 radical (unpaired) electrons. The Bertz CT molecular complexity index is 899. The molecule has 0 aromatic carbocycles. The highest BCUT2D eigenvalue weighted by molar-refractivity contribution is 7.15. The summed E-state index contributed by atoms with van der Waals surface area (Å²) in [5.74, 6) is -2.05. The van der Waals surface area contributed by atoms with E-state index >= 15 is 0 Å². The molecule has 2 N–H and O–H groups in total. The third kappa shape index (κ3) is 4.67. The molecule has 134 valence electrons. The molecule has 1 atom stereocenters. The summed E-state index contributed by atoms with van der Waals surface area (Å²) in [5, 5.41) is 8.07. The molecule has 0 spiro atoms. The first-order valence-electron chi connectivity index (χ1n) is 7.73. The van der Waals surface area contributed by atoms with Crippen LogP contribution in [-0.4, -0.2) is 33.9 Å². The Kier molecular flexibility index (Phi) is 5.64. The Labute approximate surface area is 157 Å². The molecule has 26 heavy (non-hydrogen) atoms. The van der Waals surface area contributed by atoms with E-state index in [1.807, 2.05) is 6.92 Å². The number of aromatic nitrogens is 2. The Morgan fingerprint density at radius 3 is 2.85 bits per heavy atom. The molecule has 8 nitrogen and oxygen atoms in total. The topological polar surface area (TPSA) is 113 Å². The predicted molar refractivity (Wildman–Crippen MR) is 101 cm³/mol. The zero-order chi connectivity index (χ0) is 18.5. The molecule has 3 rings (SSSR count). The van der Waals surface area contributed by atoms with E-state index in [-0.39, 0.29) is 12.3 Å². The van der Waals surface area contributed by atoms with Crippen LogP contribution in [0.2, 0.25) is 0 Å². The van der Waals surface area contributed by atoms with Crippen molar-refractivity contribution >= 4 is 56.9 Å². The predicted octanol–water partition coefficient (Wildman–Crippen LogP) is 2.20. The van der Waals surface area contributed by atoms with Crippen LogP contribution < -0.4 is 10.6 Å². The van der Waals surface area contributed by atoms with Gasteiger partial charge in [-0.25, -0.2) is 15.0 Å². The van der Waals surface area contributed by atoms with Crippen LogP contribution in [0.5, 0.6) is 0 Å². The number of hydrogen-bond donors (Lipinski definition) is 2. The van der Waals surface area contributed by atoms with Crippen LogP contribution in [0.3, 0.4) is 0 Å². The highest BCUT2D eigenvalue weighted by Crippen LogP contribution is 2.20. The summed E-state index contributed by atoms with van der Waals surface area (Å²) in [4.78, 5) is 48.6. The molecular weight excluding hydrogens is 374 g/mol. The van der Waals surface area contributed by atoms with Gasteiger partial charge in [0, 0.05) is 29.1 Å². The summed E-state index contributed by atoms with van der Waals surface area (Å²) in [6, 6.07) is 0. The van der Waals surface area contributed by atoms with Crippen LogP contribution in [0, 0.1) is 12.8 Å². The summed E-state index contributed by atoms with van der Waals surface area (Å²) in [6.45, 7) is 1.92. The molecule has 1 aliphatic heterocycles. The number of carbonyl (C=O) groups excluding carboxylic acids is 3. The van der Waals surface area contributed by atoms with E-state index in [0.717, 1.165) is 4.88 Å². The number of dihydropyridines is 1. The maximum absolute atomic E-state index is 12.1. The van der Waals surface area contributed by atoms with Crippen LogP contribution in [0.15, 0.2) is 28.7 Å². The Morgan fingerprint density at radius 2 is 2.12 bits per heavy atom. The molecular formula is C16H15N5O3S2. The van der Waals surface area contributed by atoms with Gasteiger partial charge in [0.25, 0.3) is 5.91 Å². The number of hydrogen-bond acceptors (Lipinski definition) is 7. The van der Waals surface area contributed by atoms with Gasteiger partial charge in [0.1, 0.15) is 5.92 Å². The van der Waals surface area contributed by atoms with E-state index in [4.69, 9.17) is 0 Å². The van der Waals surface area contributed by atoms with Gasteiger partial charge in [-0.15, -0.1) is 22.7 Å². The van der Waals surface area contributed by atoms with E-state index in [1.165, 1.54) is 35.0 Å². The summed E-state index contributed by atoms with van der Waals surface area (Å²) in [5.41, 5.74) is 0.694. The zero-order valence-electron chi connectivity index (χ0n) is 13.8. The smallest absolute Gasteiger partial charge is 0.262 e. The molecule has 1 unspecified atom stereocenters. The van der Waals surface area contributed by atoms with E-state index in [1.54, 1.807) is 17.7 Å². The minimum Gasteiger partial charge on any atom is -0.302 e. The largest absolute Gasteiger partial charge is 0.302 e. The van der Waals surface area contributed by atoms with Gasteiger partial charge in [-0.05, 0) is 19.4 Å². The highest BCUT2D eigenvalue weighted by Gasteiger charge is 2.25. The third-order valence-corrected chi connectivity index (χ3v) is 5.03. The zero-order valence-corrected chi connectivity index (χ0v) is 15.4. The second-order valence-corrected chi connectivity index (χ2v) is 7.53. The first-order chi connectivity index (χ1) is 12.5. The van der Waals surface area contributed by atoms with E-state index in [0.29, 0.717) is 22.4 Å². The maximum Gasteiger partial charge on any atom is 0.262 e. The van der Waals surface area contributed by atoms with Gasteiger partial charge in [-0.2, -0.15) is 0 Å². The second-order valence-electron chi connectivity index (χ2n) is 5.44. The van der Waals surface area contributed by atoms with E-state index in [2.05, 4.69) is 25.6 Å². The lowest BCUT2D eigenvalue weighted by Gasteiger charge is -2.09. The van der Waals surface area contributed by atoms with Crippen molar-refractivity contribution in [3.63, 3.8) is 0 Å². The first-order valence-corrected chi connectivity index (χ1v) is 9.43. The normalized spacial score (nSPS) is 15.9. The number of nitrogens with zero attached hydrogens (tertiary/aromatic N) is 3. The molecule has 3 heterocycles. The highest BCUT2D eigenvalue weighted by atomic mass is 32.1. The van der Waals surface area contributed by atoms with Crippen molar-refractivity contribution in [2.45, 2.75) is 19.8 Å². The van der Waals surface area contributed by atoms with Crippen LogP contribution >= 0.6 is 22.7 Å². The molecule has 2 aromatic rings. The van der Waals surface area contributed by atoms with Crippen molar-refractivity contribution in [2.75, 3.05) is 10.6 Å². The SMILES string of the molecule is Cc1cnc(NC(=O)CCc2csc(NC(=O)C3C=CC=NC3=O)n2)s1. The summed E-state index contributed by atoms with van der Waals surface area (Å²) in [7, 11) is 0. The van der Waals surface area contributed by atoms with Gasteiger partial charge in [0.05, 0.1) is 5.69 Å². The molecule has 0 saturated heterocycles. The van der Waals surface area contributed by atoms with Gasteiger partial charge in [0.2, 0.25) is 11.8 Å². The van der Waals surface area contributed by atoms with Crippen molar-refractivity contribution in [3.05, 3.63) is 34.3 Å². The van der Waals surface area contributed by atoms with Crippen LogP contribution in [-0.2, 0) is 20.8 Å². The van der Waals surface area contributed by atoms with Crippen molar-refractivity contribution in [1.29, 1.82) is 0 Å². The van der Waals surface area contributed by atoms with Crippen molar-refractivity contribution < 1.29 is 14.4 Å². The number of amides is 3. The molecule has 0 aliphatic carbocycles. The Hall–Kier alpha value is -2.72. The number of carbonyl (C=O) groups is 3. The Morgan fingerprint density at radius 1 is 1.27 bits per heavy atom. The fraction of sp³-hybridized carbons (Fsp3) is 0.250. The van der Waals surface area contributed by atoms with Gasteiger partial charge < -0.3 is 10.6 Å². The molecule has 0 bridgehead atoms. The number of thiazole rings is 2. The third-order valence-electron chi connectivity index (χ3n) is 3.40. The van der Waals surface area contributed by atoms with E-state index in [9.17, 15) is 14.4 Å².